The smallest absolute Gasteiger partial charge is 0.136 e. The molecule has 1 rings (SSSR count). The number of ketones is 1. The number of carbonyl (C=O) groups is 1. The largest absolute Gasteiger partial charge is 0.328 e. The highest BCUT2D eigenvalue weighted by molar-refractivity contribution is 5.81. The van der Waals surface area contributed by atoms with E-state index in [0.717, 1.165) is 38.5 Å². The van der Waals surface area contributed by atoms with Crippen molar-refractivity contribution in [3.8, 4) is 0 Å². The molecule has 0 aromatic heterocycles. The summed E-state index contributed by atoms with van der Waals surface area (Å²) >= 11 is 0. The van der Waals surface area contributed by atoms with Crippen LogP contribution in [0.15, 0.2) is 12.7 Å². The molecule has 0 aromatic rings. The van der Waals surface area contributed by atoms with Gasteiger partial charge in [0.15, 0.2) is 0 Å². The Morgan fingerprint density at radius 3 is 2.93 bits per heavy atom. The van der Waals surface area contributed by atoms with Crippen LogP contribution in [0.2, 0.25) is 0 Å². The van der Waals surface area contributed by atoms with Crippen LogP contribution in [0.4, 0.5) is 0 Å². The minimum Gasteiger partial charge on any atom is -0.328 e. The molecule has 80 valence electrons. The highest BCUT2D eigenvalue weighted by atomic mass is 16.1. The van der Waals surface area contributed by atoms with E-state index in [1.807, 2.05) is 6.08 Å². The first-order chi connectivity index (χ1) is 6.74. The van der Waals surface area contributed by atoms with Gasteiger partial charge in [0, 0.05) is 18.4 Å². The zero-order valence-electron chi connectivity index (χ0n) is 8.87. The molecule has 2 heteroatoms. The lowest BCUT2D eigenvalue weighted by Gasteiger charge is -2.25. The third-order valence-electron chi connectivity index (χ3n) is 3.00. The summed E-state index contributed by atoms with van der Waals surface area (Å²) in [6.45, 7) is 3.65. The van der Waals surface area contributed by atoms with Gasteiger partial charge in [0.1, 0.15) is 5.78 Å². The fourth-order valence-electron chi connectivity index (χ4n) is 2.14. The predicted molar refractivity (Wildman–Crippen MR) is 59.0 cm³/mol. The molecule has 1 fully saturated rings. The summed E-state index contributed by atoms with van der Waals surface area (Å²) in [5.74, 6) is 0.672. The zero-order valence-corrected chi connectivity index (χ0v) is 8.87. The second kappa shape index (κ2) is 5.97. The van der Waals surface area contributed by atoms with Gasteiger partial charge in [0.25, 0.3) is 0 Å². The van der Waals surface area contributed by atoms with E-state index in [2.05, 4.69) is 6.58 Å². The van der Waals surface area contributed by atoms with Crippen LogP contribution >= 0.6 is 0 Å². The quantitative estimate of drug-likeness (QED) is 0.541. The third kappa shape index (κ3) is 3.62. The average Bonchev–Trinajstić information content (AvgIpc) is 2.18. The van der Waals surface area contributed by atoms with Crippen molar-refractivity contribution in [1.82, 2.24) is 0 Å². The van der Waals surface area contributed by atoms with E-state index >= 15 is 0 Å². The van der Waals surface area contributed by atoms with Crippen molar-refractivity contribution in [3.05, 3.63) is 12.7 Å². The van der Waals surface area contributed by atoms with Gasteiger partial charge >= 0.3 is 0 Å². The van der Waals surface area contributed by atoms with Crippen LogP contribution in [0, 0.1) is 5.92 Å². The molecule has 2 atom stereocenters. The Kier molecular flexibility index (Phi) is 4.88. The van der Waals surface area contributed by atoms with Crippen LogP contribution in [0.3, 0.4) is 0 Å². The molecule has 0 aliphatic heterocycles. The summed E-state index contributed by atoms with van der Waals surface area (Å²) in [6.07, 6.45) is 8.67. The normalized spacial score (nSPS) is 27.2. The Bertz CT molecular complexity index is 200. The molecule has 2 unspecified atom stereocenters. The van der Waals surface area contributed by atoms with Gasteiger partial charge in [0.05, 0.1) is 0 Å². The molecule has 2 nitrogen and oxygen atoms in total. The minimum absolute atomic E-state index is 0.253. The summed E-state index contributed by atoms with van der Waals surface area (Å²) in [5, 5.41) is 0. The Labute approximate surface area is 86.6 Å². The Hall–Kier alpha value is -0.630. The lowest BCUT2D eigenvalue weighted by atomic mass is 9.82. The fourth-order valence-corrected chi connectivity index (χ4v) is 2.14. The van der Waals surface area contributed by atoms with Gasteiger partial charge in [-0.2, -0.15) is 0 Å². The molecular formula is C12H21NO. The lowest BCUT2D eigenvalue weighted by Crippen LogP contribution is -2.31. The molecule has 0 bridgehead atoms. The summed E-state index contributed by atoms with van der Waals surface area (Å²) in [6, 6.07) is 0.261. The van der Waals surface area contributed by atoms with E-state index in [4.69, 9.17) is 5.73 Å². The van der Waals surface area contributed by atoms with E-state index in [-0.39, 0.29) is 12.0 Å². The number of unbranched alkanes of at least 4 members (excludes halogenated alkanes) is 1. The van der Waals surface area contributed by atoms with E-state index < -0.39 is 0 Å². The molecule has 0 radical (unpaired) electrons. The molecule has 2 N–H and O–H groups in total. The molecule has 1 aliphatic carbocycles. The number of hydrogen-bond acceptors (Lipinski definition) is 2. The monoisotopic (exact) mass is 195 g/mol. The summed E-state index contributed by atoms with van der Waals surface area (Å²) in [7, 11) is 0. The molecule has 0 spiro atoms. The van der Waals surface area contributed by atoms with Crippen molar-refractivity contribution in [2.24, 2.45) is 11.7 Å². The van der Waals surface area contributed by atoms with Gasteiger partial charge in [-0.05, 0) is 32.1 Å². The fraction of sp³-hybridized carbons (Fsp3) is 0.750. The van der Waals surface area contributed by atoms with Crippen LogP contribution in [0.1, 0.15) is 44.9 Å². The molecular weight excluding hydrogens is 174 g/mol. The Morgan fingerprint density at radius 1 is 1.50 bits per heavy atom. The summed E-state index contributed by atoms with van der Waals surface area (Å²) in [5.41, 5.74) is 5.85. The number of nitrogens with two attached hydrogens (primary N) is 1. The minimum atomic E-state index is 0.253. The predicted octanol–water partition coefficient (Wildman–Crippen LogP) is 2.43. The van der Waals surface area contributed by atoms with Crippen molar-refractivity contribution >= 4 is 5.78 Å². The molecule has 0 saturated heterocycles. The Morgan fingerprint density at radius 2 is 2.29 bits per heavy atom. The lowest BCUT2D eigenvalue weighted by molar-refractivity contribution is -0.124. The van der Waals surface area contributed by atoms with Gasteiger partial charge in [-0.3, -0.25) is 4.79 Å². The van der Waals surface area contributed by atoms with Crippen molar-refractivity contribution in [1.29, 1.82) is 0 Å². The van der Waals surface area contributed by atoms with E-state index in [1.165, 1.54) is 0 Å². The van der Waals surface area contributed by atoms with Gasteiger partial charge in [0.2, 0.25) is 0 Å². The maximum atomic E-state index is 11.7. The number of Topliss-reactive ketones (excluding diaryl/α,β-unsaturated/α-hetero) is 1. The van der Waals surface area contributed by atoms with Crippen LogP contribution in [-0.4, -0.2) is 11.8 Å². The summed E-state index contributed by atoms with van der Waals surface area (Å²) < 4.78 is 0. The van der Waals surface area contributed by atoms with Crippen LogP contribution in [0.5, 0.6) is 0 Å². The number of allylic oxidation sites excluding steroid dienone is 1. The number of rotatable bonds is 5. The van der Waals surface area contributed by atoms with Crippen molar-refractivity contribution in [2.45, 2.75) is 51.0 Å². The van der Waals surface area contributed by atoms with Crippen LogP contribution < -0.4 is 5.73 Å². The number of carbonyl (C=O) groups excluding carboxylic acids is 1. The van der Waals surface area contributed by atoms with Gasteiger partial charge < -0.3 is 5.73 Å². The first-order valence-corrected chi connectivity index (χ1v) is 5.63. The van der Waals surface area contributed by atoms with Gasteiger partial charge in [-0.1, -0.05) is 12.5 Å². The number of hydrogen-bond donors (Lipinski definition) is 1. The zero-order chi connectivity index (χ0) is 10.4. The molecule has 1 aliphatic rings. The second-order valence-corrected chi connectivity index (χ2v) is 4.27. The third-order valence-corrected chi connectivity index (χ3v) is 3.00. The van der Waals surface area contributed by atoms with Crippen molar-refractivity contribution in [2.75, 3.05) is 0 Å². The maximum Gasteiger partial charge on any atom is 0.136 e. The van der Waals surface area contributed by atoms with E-state index in [9.17, 15) is 4.79 Å². The average molecular weight is 195 g/mol. The highest BCUT2D eigenvalue weighted by Crippen LogP contribution is 2.25. The SMILES string of the molecule is C=CCCCC(=O)C1CCCC(N)C1. The standard InChI is InChI=1S/C12H21NO/c1-2-3-4-8-12(14)10-6-5-7-11(13)9-10/h2,10-11H,1,3-9,13H2. The first kappa shape index (κ1) is 11.4. The van der Waals surface area contributed by atoms with Gasteiger partial charge in [-0.25, -0.2) is 0 Å². The van der Waals surface area contributed by atoms with Crippen LogP contribution in [0.25, 0.3) is 0 Å². The van der Waals surface area contributed by atoms with Crippen molar-refractivity contribution < 1.29 is 4.79 Å². The van der Waals surface area contributed by atoms with E-state index in [0.29, 0.717) is 12.2 Å². The Balaban J connectivity index is 2.25. The first-order valence-electron chi connectivity index (χ1n) is 5.63. The van der Waals surface area contributed by atoms with E-state index in [1.54, 1.807) is 0 Å². The van der Waals surface area contributed by atoms with Crippen molar-refractivity contribution in [3.63, 3.8) is 0 Å². The topological polar surface area (TPSA) is 43.1 Å². The van der Waals surface area contributed by atoms with Crippen LogP contribution in [-0.2, 0) is 4.79 Å². The van der Waals surface area contributed by atoms with Gasteiger partial charge in [-0.15, -0.1) is 6.58 Å². The maximum absolute atomic E-state index is 11.7. The molecule has 0 aromatic carbocycles. The molecule has 14 heavy (non-hydrogen) atoms. The summed E-state index contributed by atoms with van der Waals surface area (Å²) in [4.78, 5) is 11.7. The molecule has 0 heterocycles. The highest BCUT2D eigenvalue weighted by Gasteiger charge is 2.24. The molecule has 0 amide bonds. The second-order valence-electron chi connectivity index (χ2n) is 4.27. The molecule has 1 saturated carbocycles.